The molecule has 0 saturated heterocycles. The van der Waals surface area contributed by atoms with Gasteiger partial charge in [0.05, 0.1) is 20.3 Å². The number of alkyl halides is 1. The van der Waals surface area contributed by atoms with Crippen molar-refractivity contribution in [2.24, 2.45) is 0 Å². The minimum atomic E-state index is 0.370. The van der Waals surface area contributed by atoms with Gasteiger partial charge in [-0.15, -0.1) is 11.6 Å². The molecule has 1 aromatic heterocycles. The third-order valence-corrected chi connectivity index (χ3v) is 3.15. The molecule has 1 rings (SSSR count). The maximum atomic E-state index is 5.68. The Morgan fingerprint density at radius 3 is 2.31 bits per heavy atom. The maximum absolute atomic E-state index is 5.68. The molecule has 0 N–H and O–H groups in total. The van der Waals surface area contributed by atoms with E-state index < -0.39 is 0 Å². The Balaban J connectivity index is 2.78. The quantitative estimate of drug-likeness (QED) is 0.448. The highest BCUT2D eigenvalue weighted by Gasteiger charge is 2.10. The van der Waals surface area contributed by atoms with Crippen molar-refractivity contribution in [3.8, 4) is 11.8 Å². The molecule has 0 saturated carbocycles. The third-order valence-electron chi connectivity index (χ3n) is 1.90. The molecule has 6 heteroatoms. The first-order valence-corrected chi connectivity index (χ1v) is 6.30. The highest BCUT2D eigenvalue weighted by molar-refractivity contribution is 7.99. The van der Waals surface area contributed by atoms with Gasteiger partial charge in [0.15, 0.2) is 5.16 Å². The summed E-state index contributed by atoms with van der Waals surface area (Å²) in [5, 5.41) is 1.02. The second-order valence-electron chi connectivity index (χ2n) is 3.14. The predicted octanol–water partition coefficient (Wildman–Crippen LogP) is 2.60. The number of methoxy groups -OCH3 is 2. The largest absolute Gasteiger partial charge is 0.481 e. The summed E-state index contributed by atoms with van der Waals surface area (Å²) in [6.07, 6.45) is 0.912. The van der Waals surface area contributed by atoms with Crippen LogP contribution in [-0.4, -0.2) is 35.3 Å². The van der Waals surface area contributed by atoms with Crippen molar-refractivity contribution in [1.29, 1.82) is 0 Å². The molecule has 0 bridgehead atoms. The Morgan fingerprint density at radius 1 is 1.31 bits per heavy atom. The van der Waals surface area contributed by atoms with Crippen LogP contribution in [0.25, 0.3) is 0 Å². The van der Waals surface area contributed by atoms with Crippen molar-refractivity contribution in [2.75, 3.05) is 20.1 Å². The van der Waals surface area contributed by atoms with E-state index in [0.29, 0.717) is 28.0 Å². The zero-order chi connectivity index (χ0) is 12.0. The third kappa shape index (κ3) is 4.06. The normalized spacial score (nSPS) is 12.2. The average Bonchev–Trinajstić information content (AvgIpc) is 2.28. The van der Waals surface area contributed by atoms with E-state index in [1.165, 1.54) is 0 Å². The number of hydrogen-bond donors (Lipinski definition) is 0. The average molecular weight is 263 g/mol. The summed E-state index contributed by atoms with van der Waals surface area (Å²) in [4.78, 5) is 8.46. The Kier molecular flexibility index (Phi) is 5.69. The van der Waals surface area contributed by atoms with E-state index in [4.69, 9.17) is 21.1 Å². The summed E-state index contributed by atoms with van der Waals surface area (Å²) in [7, 11) is 3.14. The fraction of sp³-hybridized carbons (Fsp3) is 0.600. The highest BCUT2D eigenvalue weighted by atomic mass is 35.5. The van der Waals surface area contributed by atoms with Crippen molar-refractivity contribution in [3.05, 3.63) is 6.07 Å². The lowest BCUT2D eigenvalue weighted by Gasteiger charge is -2.09. The van der Waals surface area contributed by atoms with Crippen molar-refractivity contribution in [3.63, 3.8) is 0 Å². The predicted molar refractivity (Wildman–Crippen MR) is 65.8 cm³/mol. The SMILES string of the molecule is COc1cc(OC)nc(SC(C)CCCl)n1. The molecule has 0 aromatic carbocycles. The van der Waals surface area contributed by atoms with Crippen LogP contribution < -0.4 is 9.47 Å². The summed E-state index contributed by atoms with van der Waals surface area (Å²) in [5.74, 6) is 1.65. The molecule has 16 heavy (non-hydrogen) atoms. The van der Waals surface area contributed by atoms with E-state index in [-0.39, 0.29) is 0 Å². The monoisotopic (exact) mass is 262 g/mol. The van der Waals surface area contributed by atoms with Gasteiger partial charge in [0.1, 0.15) is 0 Å². The number of ether oxygens (including phenoxy) is 2. The Hall–Kier alpha value is -0.680. The number of hydrogen-bond acceptors (Lipinski definition) is 5. The van der Waals surface area contributed by atoms with E-state index >= 15 is 0 Å². The van der Waals surface area contributed by atoms with Gasteiger partial charge in [-0.05, 0) is 6.42 Å². The molecule has 1 atom stereocenters. The van der Waals surface area contributed by atoms with Crippen molar-refractivity contribution in [2.45, 2.75) is 23.8 Å². The van der Waals surface area contributed by atoms with Crippen LogP contribution in [0.3, 0.4) is 0 Å². The first-order valence-electron chi connectivity index (χ1n) is 4.89. The molecular formula is C10H15ClN2O2S. The number of thioether (sulfide) groups is 1. The van der Waals surface area contributed by atoms with Crippen molar-refractivity contribution >= 4 is 23.4 Å². The number of aromatic nitrogens is 2. The van der Waals surface area contributed by atoms with Crippen LogP contribution in [0.4, 0.5) is 0 Å². The summed E-state index contributed by atoms with van der Waals surface area (Å²) in [5.41, 5.74) is 0. The molecule has 0 aliphatic heterocycles. The molecule has 1 heterocycles. The lowest BCUT2D eigenvalue weighted by Crippen LogP contribution is -2.01. The van der Waals surface area contributed by atoms with Crippen LogP contribution in [0.1, 0.15) is 13.3 Å². The zero-order valence-corrected chi connectivity index (χ0v) is 11.1. The molecule has 90 valence electrons. The molecule has 4 nitrogen and oxygen atoms in total. The fourth-order valence-electron chi connectivity index (χ4n) is 1.04. The molecule has 0 amide bonds. The van der Waals surface area contributed by atoms with E-state index in [9.17, 15) is 0 Å². The molecule has 0 aliphatic carbocycles. The van der Waals surface area contributed by atoms with Gasteiger partial charge in [-0.25, -0.2) is 0 Å². The first kappa shape index (κ1) is 13.4. The van der Waals surface area contributed by atoms with Gasteiger partial charge in [0.25, 0.3) is 0 Å². The second kappa shape index (κ2) is 6.81. The number of nitrogens with zero attached hydrogens (tertiary/aromatic N) is 2. The molecule has 0 fully saturated rings. The molecule has 0 radical (unpaired) electrons. The number of halogens is 1. The highest BCUT2D eigenvalue weighted by Crippen LogP contribution is 2.26. The smallest absolute Gasteiger partial charge is 0.220 e. The first-order chi connectivity index (χ1) is 7.69. The molecule has 0 aliphatic rings. The molecular weight excluding hydrogens is 248 g/mol. The summed E-state index contributed by atoms with van der Waals surface area (Å²) >= 11 is 7.24. The standard InChI is InChI=1S/C10H15ClN2O2S/c1-7(4-5-11)16-10-12-8(14-2)6-9(13-10)15-3/h6-7H,4-5H2,1-3H3. The van der Waals surface area contributed by atoms with E-state index in [2.05, 4.69) is 16.9 Å². The van der Waals surface area contributed by atoms with Crippen LogP contribution in [0.15, 0.2) is 11.2 Å². The van der Waals surface area contributed by atoms with Gasteiger partial charge in [-0.1, -0.05) is 18.7 Å². The van der Waals surface area contributed by atoms with E-state index in [1.807, 2.05) is 0 Å². The van der Waals surface area contributed by atoms with Crippen LogP contribution in [0, 0.1) is 0 Å². The van der Waals surface area contributed by atoms with Crippen LogP contribution in [0.2, 0.25) is 0 Å². The molecule has 1 unspecified atom stereocenters. The maximum Gasteiger partial charge on any atom is 0.220 e. The Bertz CT molecular complexity index is 316. The van der Waals surface area contributed by atoms with E-state index in [0.717, 1.165) is 6.42 Å². The van der Waals surface area contributed by atoms with Gasteiger partial charge < -0.3 is 9.47 Å². The summed E-state index contributed by atoms with van der Waals surface area (Å²) in [6.45, 7) is 2.09. The van der Waals surface area contributed by atoms with Crippen molar-refractivity contribution < 1.29 is 9.47 Å². The van der Waals surface area contributed by atoms with Crippen LogP contribution in [0.5, 0.6) is 11.8 Å². The van der Waals surface area contributed by atoms with Crippen molar-refractivity contribution in [1.82, 2.24) is 9.97 Å². The molecule has 0 spiro atoms. The zero-order valence-electron chi connectivity index (χ0n) is 9.57. The summed E-state index contributed by atoms with van der Waals surface area (Å²) < 4.78 is 10.1. The lowest BCUT2D eigenvalue weighted by atomic mass is 10.4. The topological polar surface area (TPSA) is 44.2 Å². The van der Waals surface area contributed by atoms with Crippen LogP contribution in [-0.2, 0) is 0 Å². The minimum Gasteiger partial charge on any atom is -0.481 e. The fourth-order valence-corrected chi connectivity index (χ4v) is 2.38. The van der Waals surface area contributed by atoms with Gasteiger partial charge in [-0.3, -0.25) is 0 Å². The Morgan fingerprint density at radius 2 is 1.88 bits per heavy atom. The van der Waals surface area contributed by atoms with Gasteiger partial charge in [-0.2, -0.15) is 9.97 Å². The minimum absolute atomic E-state index is 0.370. The Labute approximate surface area is 105 Å². The van der Waals surface area contributed by atoms with E-state index in [1.54, 1.807) is 32.0 Å². The second-order valence-corrected chi connectivity index (χ2v) is 4.92. The molecule has 1 aromatic rings. The van der Waals surface area contributed by atoms with Crippen LogP contribution >= 0.6 is 23.4 Å². The summed E-state index contributed by atoms with van der Waals surface area (Å²) in [6, 6.07) is 1.65. The lowest BCUT2D eigenvalue weighted by molar-refractivity contribution is 0.364. The number of rotatable bonds is 6. The van der Waals surface area contributed by atoms with Gasteiger partial charge >= 0.3 is 0 Å². The van der Waals surface area contributed by atoms with Gasteiger partial charge in [0, 0.05) is 11.1 Å². The van der Waals surface area contributed by atoms with Gasteiger partial charge in [0.2, 0.25) is 11.8 Å².